The molecule has 0 bridgehead atoms. The molecule has 1 aliphatic carbocycles. The van der Waals surface area contributed by atoms with Gasteiger partial charge in [0.25, 0.3) is 0 Å². The number of nitrogens with zero attached hydrogens (tertiary/aromatic N) is 3. The molecule has 3 atom stereocenters. The van der Waals surface area contributed by atoms with Gasteiger partial charge in [-0.1, -0.05) is 25.1 Å². The molecule has 2 aliphatic rings. The third-order valence-corrected chi connectivity index (χ3v) is 8.21. The molecule has 178 valence electrons. The highest BCUT2D eigenvalue weighted by Crippen LogP contribution is 2.52. The van der Waals surface area contributed by atoms with Gasteiger partial charge < -0.3 is 15.4 Å². The molecule has 2 aromatic carbocycles. The average Bonchev–Trinajstić information content (AvgIpc) is 3.30. The fourth-order valence-electron chi connectivity index (χ4n) is 4.89. The highest BCUT2D eigenvalue weighted by molar-refractivity contribution is 7.90. The van der Waals surface area contributed by atoms with Crippen LogP contribution < -0.4 is 15.4 Å². The molecule has 1 saturated carbocycles. The number of piperidine rings is 1. The maximum atomic E-state index is 11.7. The van der Waals surface area contributed by atoms with E-state index in [2.05, 4.69) is 21.8 Å². The van der Waals surface area contributed by atoms with Crippen LogP contribution in [0.2, 0.25) is 0 Å². The normalized spacial score (nSPS) is 21.4. The van der Waals surface area contributed by atoms with E-state index in [1.807, 2.05) is 42.7 Å². The molecule has 2 fully saturated rings. The molecule has 0 amide bonds. The van der Waals surface area contributed by atoms with Crippen molar-refractivity contribution in [1.82, 2.24) is 9.97 Å². The van der Waals surface area contributed by atoms with E-state index in [4.69, 9.17) is 10.5 Å². The molecule has 1 aromatic heterocycles. The van der Waals surface area contributed by atoms with Gasteiger partial charge in [-0.3, -0.25) is 0 Å². The number of aryl methyl sites for hydroxylation is 1. The fourth-order valence-corrected chi connectivity index (χ4v) is 5.52. The second-order valence-electron chi connectivity index (χ2n) is 9.28. The van der Waals surface area contributed by atoms with Crippen molar-refractivity contribution >= 4 is 15.8 Å². The van der Waals surface area contributed by atoms with Gasteiger partial charge in [-0.15, -0.1) is 0 Å². The van der Waals surface area contributed by atoms with Gasteiger partial charge in [0.05, 0.1) is 11.5 Å². The predicted octanol–water partition coefficient (Wildman–Crippen LogP) is 3.33. The summed E-state index contributed by atoms with van der Waals surface area (Å²) in [6.07, 6.45) is 6.01. The minimum Gasteiger partial charge on any atom is -0.493 e. The van der Waals surface area contributed by atoms with Gasteiger partial charge in [-0.25, -0.2) is 18.4 Å². The third-order valence-electron chi connectivity index (χ3n) is 7.08. The van der Waals surface area contributed by atoms with Crippen molar-refractivity contribution in [1.29, 1.82) is 0 Å². The van der Waals surface area contributed by atoms with Crippen molar-refractivity contribution in [3.8, 4) is 16.9 Å². The van der Waals surface area contributed by atoms with Gasteiger partial charge in [-0.05, 0) is 59.2 Å². The first kappa shape index (κ1) is 22.8. The van der Waals surface area contributed by atoms with Gasteiger partial charge in [0.15, 0.2) is 9.84 Å². The molecule has 1 aliphatic heterocycles. The van der Waals surface area contributed by atoms with E-state index in [0.29, 0.717) is 35.8 Å². The maximum Gasteiger partial charge on any atom is 0.225 e. The van der Waals surface area contributed by atoms with Crippen LogP contribution in [0, 0.1) is 17.8 Å². The van der Waals surface area contributed by atoms with Crippen LogP contribution >= 0.6 is 0 Å². The lowest BCUT2D eigenvalue weighted by Crippen LogP contribution is -2.27. The van der Waals surface area contributed by atoms with Crippen LogP contribution in [0.3, 0.4) is 0 Å². The van der Waals surface area contributed by atoms with E-state index >= 15 is 0 Å². The lowest BCUT2D eigenvalue weighted by atomic mass is 10.0. The first-order valence-corrected chi connectivity index (χ1v) is 13.6. The van der Waals surface area contributed by atoms with Crippen molar-refractivity contribution in [3.05, 3.63) is 66.0 Å². The van der Waals surface area contributed by atoms with E-state index in [0.717, 1.165) is 53.5 Å². The molecule has 2 N–H and O–H groups in total. The smallest absolute Gasteiger partial charge is 0.225 e. The Balaban J connectivity index is 1.19. The monoisotopic (exact) mass is 478 g/mol. The number of rotatable bonds is 8. The Morgan fingerprint density at radius 2 is 1.68 bits per heavy atom. The Morgan fingerprint density at radius 3 is 2.26 bits per heavy atom. The second kappa shape index (κ2) is 9.00. The number of hydrogen-bond acceptors (Lipinski definition) is 7. The number of hydrogen-bond donors (Lipinski definition) is 1. The van der Waals surface area contributed by atoms with Crippen LogP contribution in [-0.2, 0) is 22.8 Å². The van der Waals surface area contributed by atoms with Crippen molar-refractivity contribution in [2.75, 3.05) is 30.9 Å². The van der Waals surface area contributed by atoms with Crippen LogP contribution in [-0.4, -0.2) is 44.3 Å². The first-order chi connectivity index (χ1) is 16.4. The highest BCUT2D eigenvalue weighted by atomic mass is 32.2. The molecule has 5 rings (SSSR count). The van der Waals surface area contributed by atoms with Gasteiger partial charge in [0.1, 0.15) is 5.75 Å². The number of anilines is 1. The summed E-state index contributed by atoms with van der Waals surface area (Å²) in [5.74, 6) is 3.46. The molecule has 1 saturated heterocycles. The summed E-state index contributed by atoms with van der Waals surface area (Å²) < 4.78 is 29.6. The number of benzene rings is 2. The van der Waals surface area contributed by atoms with Crippen molar-refractivity contribution in [2.45, 2.75) is 24.8 Å². The van der Waals surface area contributed by atoms with Crippen molar-refractivity contribution < 1.29 is 13.2 Å². The van der Waals surface area contributed by atoms with E-state index in [-0.39, 0.29) is 0 Å². The molecule has 34 heavy (non-hydrogen) atoms. The SMILES string of the molecule is CCc1cnc(N2C[C@@H]3C(COc4ccc(-c5ccc(S(C)(=O)=O)cc5)cc4CN)[C@@H]3C2)nc1. The number of sulfone groups is 1. The maximum absolute atomic E-state index is 11.7. The third kappa shape index (κ3) is 4.52. The van der Waals surface area contributed by atoms with E-state index in [1.165, 1.54) is 6.26 Å². The first-order valence-electron chi connectivity index (χ1n) is 11.7. The van der Waals surface area contributed by atoms with Crippen LogP contribution in [0.25, 0.3) is 11.1 Å². The van der Waals surface area contributed by atoms with Crippen LogP contribution in [0.5, 0.6) is 5.75 Å². The zero-order valence-electron chi connectivity index (χ0n) is 19.5. The lowest BCUT2D eigenvalue weighted by Gasteiger charge is -2.20. The molecule has 3 aromatic rings. The lowest BCUT2D eigenvalue weighted by molar-refractivity contribution is 0.280. The summed E-state index contributed by atoms with van der Waals surface area (Å²) in [5.41, 5.74) is 10.1. The fraction of sp³-hybridized carbons (Fsp3) is 0.385. The number of ether oxygens (including phenoxy) is 1. The summed E-state index contributed by atoms with van der Waals surface area (Å²) in [6, 6.07) is 12.9. The predicted molar refractivity (Wildman–Crippen MR) is 132 cm³/mol. The summed E-state index contributed by atoms with van der Waals surface area (Å²) in [4.78, 5) is 11.6. The summed E-state index contributed by atoms with van der Waals surface area (Å²) >= 11 is 0. The van der Waals surface area contributed by atoms with Gasteiger partial charge in [-0.2, -0.15) is 0 Å². The van der Waals surface area contributed by atoms with Crippen LogP contribution in [0.1, 0.15) is 18.1 Å². The van der Waals surface area contributed by atoms with E-state index < -0.39 is 9.84 Å². The molecule has 8 heteroatoms. The summed E-state index contributed by atoms with van der Waals surface area (Å²) in [6.45, 7) is 5.14. The molecular formula is C26H30N4O3S. The Labute approximate surface area is 200 Å². The standard InChI is InChI=1S/C26H30N4O3S/c1-3-17-12-28-26(29-13-17)30-14-22-23(15-30)24(22)16-33-25-9-6-19(10-20(25)11-27)18-4-7-21(8-5-18)34(2,31)32/h4-10,12-13,22-24H,3,11,14-16,27H2,1-2H3/t22-,23+,24?. The number of nitrogens with two attached hydrogens (primary N) is 1. The van der Waals surface area contributed by atoms with Crippen molar-refractivity contribution in [2.24, 2.45) is 23.5 Å². The van der Waals surface area contributed by atoms with Gasteiger partial charge in [0.2, 0.25) is 5.95 Å². The van der Waals surface area contributed by atoms with Crippen LogP contribution in [0.15, 0.2) is 59.8 Å². The average molecular weight is 479 g/mol. The molecule has 2 heterocycles. The Kier molecular flexibility index (Phi) is 6.04. The summed E-state index contributed by atoms with van der Waals surface area (Å²) in [7, 11) is -3.21. The molecule has 7 nitrogen and oxygen atoms in total. The summed E-state index contributed by atoms with van der Waals surface area (Å²) in [5, 5.41) is 0. The molecule has 0 radical (unpaired) electrons. The Morgan fingerprint density at radius 1 is 1.03 bits per heavy atom. The minimum atomic E-state index is -3.21. The minimum absolute atomic E-state index is 0.313. The zero-order chi connectivity index (χ0) is 23.9. The zero-order valence-corrected chi connectivity index (χ0v) is 20.3. The number of aromatic nitrogens is 2. The second-order valence-corrected chi connectivity index (χ2v) is 11.3. The molecule has 0 spiro atoms. The number of fused-ring (bicyclic) bond motifs is 1. The van der Waals surface area contributed by atoms with Crippen LogP contribution in [0.4, 0.5) is 5.95 Å². The molecule has 1 unspecified atom stereocenters. The Hall–Kier alpha value is -2.97. The largest absolute Gasteiger partial charge is 0.493 e. The highest BCUT2D eigenvalue weighted by Gasteiger charge is 2.56. The van der Waals surface area contributed by atoms with Gasteiger partial charge in [0, 0.05) is 49.8 Å². The topological polar surface area (TPSA) is 98.4 Å². The van der Waals surface area contributed by atoms with Crippen molar-refractivity contribution in [3.63, 3.8) is 0 Å². The van der Waals surface area contributed by atoms with E-state index in [9.17, 15) is 8.42 Å². The van der Waals surface area contributed by atoms with Gasteiger partial charge >= 0.3 is 0 Å². The molecular weight excluding hydrogens is 448 g/mol. The quantitative estimate of drug-likeness (QED) is 0.530. The van der Waals surface area contributed by atoms with E-state index in [1.54, 1.807) is 12.1 Å². The Bertz CT molecular complexity index is 1260.